The van der Waals surface area contributed by atoms with E-state index in [9.17, 15) is 22.8 Å². The molecule has 1 aliphatic rings. The van der Waals surface area contributed by atoms with Crippen LogP contribution in [0.5, 0.6) is 5.75 Å². The monoisotopic (exact) mass is 497 g/mol. The number of hydrogen-bond donors (Lipinski definition) is 0. The molecular formula is C25H22F3N5O3. The number of halogens is 3. The molecule has 0 spiro atoms. The summed E-state index contributed by atoms with van der Waals surface area (Å²) in [6, 6.07) is 8.72. The zero-order valence-electron chi connectivity index (χ0n) is 19.5. The van der Waals surface area contributed by atoms with Gasteiger partial charge in [-0.05, 0) is 24.3 Å². The van der Waals surface area contributed by atoms with Gasteiger partial charge in [0, 0.05) is 74.1 Å². The van der Waals surface area contributed by atoms with Crippen LogP contribution in [0.1, 0.15) is 29.4 Å². The van der Waals surface area contributed by atoms with E-state index in [2.05, 4.69) is 4.98 Å². The molecular weight excluding hydrogens is 475 g/mol. The molecule has 0 bridgehead atoms. The molecule has 0 saturated carbocycles. The predicted molar refractivity (Wildman–Crippen MR) is 125 cm³/mol. The van der Waals surface area contributed by atoms with Crippen LogP contribution in [0.15, 0.2) is 53.6 Å². The fourth-order valence-electron chi connectivity index (χ4n) is 4.41. The van der Waals surface area contributed by atoms with Crippen LogP contribution < -0.4 is 10.3 Å². The molecule has 0 N–H and O–H groups in total. The van der Waals surface area contributed by atoms with Gasteiger partial charge in [-0.15, -0.1) is 0 Å². The molecule has 0 unspecified atom stereocenters. The van der Waals surface area contributed by atoms with Crippen LogP contribution in [0, 0.1) is 0 Å². The number of carbonyl (C=O) groups is 1. The van der Waals surface area contributed by atoms with Gasteiger partial charge >= 0.3 is 6.18 Å². The van der Waals surface area contributed by atoms with Crippen molar-refractivity contribution in [2.75, 3.05) is 6.54 Å². The topological polar surface area (TPSA) is 82.2 Å². The van der Waals surface area contributed by atoms with E-state index in [0.717, 1.165) is 41.0 Å². The van der Waals surface area contributed by atoms with Gasteiger partial charge in [0.2, 0.25) is 5.91 Å². The molecule has 4 aromatic rings. The number of carbonyl (C=O) groups excluding carboxylic acids is 1. The lowest BCUT2D eigenvalue weighted by Gasteiger charge is -2.26. The molecule has 11 heteroatoms. The maximum absolute atomic E-state index is 12.8. The lowest BCUT2D eigenvalue weighted by molar-refractivity contribution is -0.141. The third-order valence-corrected chi connectivity index (χ3v) is 6.33. The van der Waals surface area contributed by atoms with Gasteiger partial charge in [0.25, 0.3) is 5.56 Å². The molecule has 0 aromatic carbocycles. The number of alkyl halides is 3. The fraction of sp³-hybridized carbons (Fsp3) is 0.280. The predicted octanol–water partition coefficient (Wildman–Crippen LogP) is 3.62. The van der Waals surface area contributed by atoms with Crippen molar-refractivity contribution < 1.29 is 22.7 Å². The zero-order chi connectivity index (χ0) is 25.6. The largest absolute Gasteiger partial charge is 0.489 e. The highest BCUT2D eigenvalue weighted by Gasteiger charge is 2.32. The van der Waals surface area contributed by atoms with Crippen molar-refractivity contribution in [2.45, 2.75) is 32.7 Å². The summed E-state index contributed by atoms with van der Waals surface area (Å²) in [6.45, 7) is 2.71. The van der Waals surface area contributed by atoms with Crippen molar-refractivity contribution in [2.24, 2.45) is 7.05 Å². The standard InChI is InChI=1S/C25H22F3N5O3/c1-15(34)32-9-8-20-19(13-32)18-4-6-22(30-24(18)31(20)2)33-10-7-17(11-23(33)35)36-14-16-3-5-21(29-12-16)25(26,27)28/h3-7,10-12H,8-9,13-14H2,1-2H3. The maximum atomic E-state index is 12.8. The van der Waals surface area contributed by atoms with E-state index in [0.29, 0.717) is 24.5 Å². The maximum Gasteiger partial charge on any atom is 0.433 e. The molecule has 4 aromatic heterocycles. The van der Waals surface area contributed by atoms with E-state index in [4.69, 9.17) is 9.72 Å². The second-order valence-corrected chi connectivity index (χ2v) is 8.62. The Morgan fingerprint density at radius 1 is 1.17 bits per heavy atom. The van der Waals surface area contributed by atoms with Crippen LogP contribution in [-0.4, -0.2) is 36.5 Å². The van der Waals surface area contributed by atoms with Gasteiger partial charge in [-0.3, -0.25) is 19.1 Å². The minimum absolute atomic E-state index is 0.0330. The summed E-state index contributed by atoms with van der Waals surface area (Å²) in [7, 11) is 1.93. The minimum Gasteiger partial charge on any atom is -0.489 e. The number of aryl methyl sites for hydroxylation is 1. The quantitative estimate of drug-likeness (QED) is 0.430. The molecule has 0 radical (unpaired) electrons. The van der Waals surface area contributed by atoms with Crippen LogP contribution in [0.25, 0.3) is 16.9 Å². The zero-order valence-corrected chi connectivity index (χ0v) is 19.5. The number of hydrogen-bond acceptors (Lipinski definition) is 5. The highest BCUT2D eigenvalue weighted by Crippen LogP contribution is 2.30. The molecule has 0 saturated heterocycles. The number of ether oxygens (including phenoxy) is 1. The first-order chi connectivity index (χ1) is 17.1. The van der Waals surface area contributed by atoms with Gasteiger partial charge in [0.15, 0.2) is 0 Å². The highest BCUT2D eigenvalue weighted by atomic mass is 19.4. The average molecular weight is 497 g/mol. The van der Waals surface area contributed by atoms with Gasteiger partial charge in [-0.2, -0.15) is 13.2 Å². The summed E-state index contributed by atoms with van der Waals surface area (Å²) < 4.78 is 46.9. The summed E-state index contributed by atoms with van der Waals surface area (Å²) in [5.74, 6) is 0.744. The normalized spacial score (nSPS) is 13.6. The molecule has 8 nitrogen and oxygen atoms in total. The number of amides is 1. The number of pyridine rings is 3. The Morgan fingerprint density at radius 2 is 1.97 bits per heavy atom. The van der Waals surface area contributed by atoms with E-state index in [1.54, 1.807) is 24.0 Å². The first kappa shape index (κ1) is 23.6. The number of nitrogens with zero attached hydrogens (tertiary/aromatic N) is 5. The number of rotatable bonds is 4. The first-order valence-corrected chi connectivity index (χ1v) is 11.2. The first-order valence-electron chi connectivity index (χ1n) is 11.2. The minimum atomic E-state index is -4.51. The van der Waals surface area contributed by atoms with E-state index in [1.807, 2.05) is 17.7 Å². The Balaban J connectivity index is 1.36. The molecule has 0 aliphatic carbocycles. The molecule has 0 atom stereocenters. The smallest absolute Gasteiger partial charge is 0.433 e. The van der Waals surface area contributed by atoms with Crippen LogP contribution in [0.3, 0.4) is 0 Å². The summed E-state index contributed by atoms with van der Waals surface area (Å²) >= 11 is 0. The molecule has 1 amide bonds. The Bertz CT molecular complexity index is 1520. The Kier molecular flexibility index (Phi) is 5.77. The average Bonchev–Trinajstić information content (AvgIpc) is 3.13. The van der Waals surface area contributed by atoms with E-state index >= 15 is 0 Å². The second-order valence-electron chi connectivity index (χ2n) is 8.62. The van der Waals surface area contributed by atoms with Crippen LogP contribution in [0.4, 0.5) is 13.2 Å². The molecule has 5 heterocycles. The highest BCUT2D eigenvalue weighted by molar-refractivity contribution is 5.84. The molecule has 36 heavy (non-hydrogen) atoms. The van der Waals surface area contributed by atoms with Gasteiger partial charge in [0.1, 0.15) is 29.5 Å². The van der Waals surface area contributed by atoms with Crippen molar-refractivity contribution in [1.82, 2.24) is 24.0 Å². The van der Waals surface area contributed by atoms with Crippen molar-refractivity contribution >= 4 is 16.9 Å². The van der Waals surface area contributed by atoms with Gasteiger partial charge in [-0.1, -0.05) is 6.07 Å². The van der Waals surface area contributed by atoms with Crippen molar-refractivity contribution in [3.05, 3.63) is 81.7 Å². The third kappa shape index (κ3) is 4.32. The molecule has 5 rings (SSSR count). The van der Waals surface area contributed by atoms with Gasteiger partial charge in [0.05, 0.1) is 0 Å². The second kappa shape index (κ2) is 8.81. The lowest BCUT2D eigenvalue weighted by Crippen LogP contribution is -2.34. The van der Waals surface area contributed by atoms with E-state index in [-0.39, 0.29) is 23.8 Å². The third-order valence-electron chi connectivity index (χ3n) is 6.33. The van der Waals surface area contributed by atoms with Crippen LogP contribution in [-0.2, 0) is 37.6 Å². The lowest BCUT2D eigenvalue weighted by atomic mass is 10.1. The summed E-state index contributed by atoms with van der Waals surface area (Å²) in [4.78, 5) is 34.6. The Labute approximate surface area is 203 Å². The SMILES string of the molecule is CC(=O)N1CCc2c(c3ccc(-n4ccc(OCc5ccc(C(F)(F)F)nc5)cc4=O)nc3n2C)C1. The Hall–Kier alpha value is -4.15. The summed E-state index contributed by atoms with van der Waals surface area (Å²) in [5.41, 5.74) is 2.02. The summed E-state index contributed by atoms with van der Waals surface area (Å²) in [5, 5.41) is 0.945. The van der Waals surface area contributed by atoms with Gasteiger partial charge in [-0.25, -0.2) is 4.98 Å². The van der Waals surface area contributed by atoms with E-state index in [1.165, 1.54) is 22.9 Å². The molecule has 186 valence electrons. The molecule has 0 fully saturated rings. The van der Waals surface area contributed by atoms with Crippen LogP contribution in [0.2, 0.25) is 0 Å². The van der Waals surface area contributed by atoms with Gasteiger partial charge < -0.3 is 14.2 Å². The fourth-order valence-corrected chi connectivity index (χ4v) is 4.41. The Morgan fingerprint density at radius 3 is 2.64 bits per heavy atom. The number of fused-ring (bicyclic) bond motifs is 3. The van der Waals surface area contributed by atoms with E-state index < -0.39 is 11.9 Å². The van der Waals surface area contributed by atoms with Crippen molar-refractivity contribution in [3.8, 4) is 11.6 Å². The summed E-state index contributed by atoms with van der Waals surface area (Å²) in [6.07, 6.45) is -1.14. The van der Waals surface area contributed by atoms with Crippen molar-refractivity contribution in [1.29, 1.82) is 0 Å². The number of aromatic nitrogens is 4. The van der Waals surface area contributed by atoms with Crippen molar-refractivity contribution in [3.63, 3.8) is 0 Å². The molecule has 1 aliphatic heterocycles. The van der Waals surface area contributed by atoms with Crippen LogP contribution >= 0.6 is 0 Å².